The molecule has 1 aliphatic heterocycles. The quantitative estimate of drug-likeness (QED) is 0.501. The maximum Gasteiger partial charge on any atom is 0.321 e. The summed E-state index contributed by atoms with van der Waals surface area (Å²) in [5.74, 6) is 0. The van der Waals surface area contributed by atoms with Crippen LogP contribution in [-0.2, 0) is 0 Å². The maximum absolute atomic E-state index is 10.4. The number of nitrogens with one attached hydrogen (secondary N) is 2. The lowest BCUT2D eigenvalue weighted by atomic mass is 10.5. The van der Waals surface area contributed by atoms with Crippen LogP contribution < -0.4 is 10.6 Å². The molecule has 0 aromatic rings. The van der Waals surface area contributed by atoms with Gasteiger partial charge in [-0.25, -0.2) is 4.79 Å². The van der Waals surface area contributed by atoms with Crippen LogP contribution in [0.5, 0.6) is 0 Å². The smallest absolute Gasteiger partial charge is 0.321 e. The lowest BCUT2D eigenvalue weighted by Gasteiger charge is -2.16. The molecule has 1 rings (SSSR count). The highest BCUT2D eigenvalue weighted by atomic mass is 79.9. The van der Waals surface area contributed by atoms with E-state index in [0.717, 1.165) is 0 Å². The van der Waals surface area contributed by atoms with E-state index in [2.05, 4.69) is 26.6 Å². The summed E-state index contributed by atoms with van der Waals surface area (Å²) < 4.78 is 0.516. The first-order valence-electron chi connectivity index (χ1n) is 2.31. The fourth-order valence-corrected chi connectivity index (χ4v) is 0.677. The molecule has 4 nitrogen and oxygen atoms in total. The van der Waals surface area contributed by atoms with Gasteiger partial charge in [0.1, 0.15) is 0 Å². The molecule has 1 atom stereocenters. The summed E-state index contributed by atoms with van der Waals surface area (Å²) in [5.41, 5.74) is 0. The van der Waals surface area contributed by atoms with Gasteiger partial charge in [-0.05, 0) is 15.9 Å². The predicted octanol–water partition coefficient (Wildman–Crippen LogP) is -0.146. The second-order valence-electron chi connectivity index (χ2n) is 1.55. The number of carbonyl (C=O) groups excluding carboxylic acids is 1. The molecular weight excluding hydrogens is 188 g/mol. The molecule has 0 aromatic carbocycles. The first-order valence-corrected chi connectivity index (χ1v) is 3.10. The first-order chi connectivity index (χ1) is 4.20. The number of rotatable bonds is 0. The molecule has 0 bridgehead atoms. The largest absolute Gasteiger partial charge is 0.369 e. The van der Waals surface area contributed by atoms with E-state index in [1.807, 2.05) is 0 Å². The highest BCUT2D eigenvalue weighted by Gasteiger charge is 2.15. The van der Waals surface area contributed by atoms with Crippen molar-refractivity contribution in [3.63, 3.8) is 0 Å². The van der Waals surface area contributed by atoms with Crippen LogP contribution in [0.1, 0.15) is 0 Å². The summed E-state index contributed by atoms with van der Waals surface area (Å²) >= 11 is 3.01. The van der Waals surface area contributed by atoms with Gasteiger partial charge in [0.15, 0.2) is 6.23 Å². The van der Waals surface area contributed by atoms with E-state index in [1.165, 1.54) is 6.20 Å². The van der Waals surface area contributed by atoms with Gasteiger partial charge in [0.05, 0.1) is 4.48 Å². The Balaban J connectivity index is 2.67. The fourth-order valence-electron chi connectivity index (χ4n) is 0.448. The van der Waals surface area contributed by atoms with Crippen molar-refractivity contribution < 1.29 is 9.90 Å². The SMILES string of the molecule is O=C1NC=C(Br)C(O)N1. The predicted molar refractivity (Wildman–Crippen MR) is 34.7 cm³/mol. The Hall–Kier alpha value is -0.550. The molecule has 0 fully saturated rings. The van der Waals surface area contributed by atoms with E-state index in [4.69, 9.17) is 5.11 Å². The number of hydrogen-bond acceptors (Lipinski definition) is 2. The van der Waals surface area contributed by atoms with Crippen molar-refractivity contribution >= 4 is 22.0 Å². The van der Waals surface area contributed by atoms with Gasteiger partial charge in [0.25, 0.3) is 0 Å². The van der Waals surface area contributed by atoms with Gasteiger partial charge in [0.2, 0.25) is 0 Å². The number of aliphatic hydroxyl groups excluding tert-OH is 1. The molecule has 1 aliphatic rings. The normalized spacial score (nSPS) is 26.2. The molecule has 0 aromatic heterocycles. The van der Waals surface area contributed by atoms with Gasteiger partial charge >= 0.3 is 6.03 Å². The summed E-state index contributed by atoms with van der Waals surface area (Å²) in [6, 6.07) is -0.397. The molecule has 50 valence electrons. The molecule has 0 saturated carbocycles. The van der Waals surface area contributed by atoms with Gasteiger partial charge in [-0.2, -0.15) is 0 Å². The zero-order valence-corrected chi connectivity index (χ0v) is 5.97. The van der Waals surface area contributed by atoms with Crippen LogP contribution in [0.15, 0.2) is 10.7 Å². The van der Waals surface area contributed by atoms with Crippen LogP contribution in [0.3, 0.4) is 0 Å². The van der Waals surface area contributed by atoms with Crippen LogP contribution >= 0.6 is 15.9 Å². The monoisotopic (exact) mass is 192 g/mol. The van der Waals surface area contributed by atoms with Crippen molar-refractivity contribution in [3.05, 3.63) is 10.7 Å². The van der Waals surface area contributed by atoms with Crippen LogP contribution in [0.25, 0.3) is 0 Å². The number of carbonyl (C=O) groups is 1. The third kappa shape index (κ3) is 1.43. The first kappa shape index (κ1) is 6.57. The Kier molecular flexibility index (Phi) is 1.73. The highest BCUT2D eigenvalue weighted by Crippen LogP contribution is 2.09. The molecule has 1 heterocycles. The lowest BCUT2D eigenvalue weighted by molar-refractivity contribution is 0.172. The molecule has 9 heavy (non-hydrogen) atoms. The van der Waals surface area contributed by atoms with Gasteiger partial charge in [-0.1, -0.05) is 0 Å². The third-order valence-electron chi connectivity index (χ3n) is 0.870. The van der Waals surface area contributed by atoms with Crippen LogP contribution in [0.4, 0.5) is 4.79 Å². The van der Waals surface area contributed by atoms with Crippen LogP contribution in [-0.4, -0.2) is 17.4 Å². The van der Waals surface area contributed by atoms with E-state index in [9.17, 15) is 4.79 Å². The van der Waals surface area contributed by atoms with E-state index in [-0.39, 0.29) is 0 Å². The molecule has 0 spiro atoms. The number of halogens is 1. The van der Waals surface area contributed by atoms with Gasteiger partial charge in [-0.3, -0.25) is 0 Å². The molecule has 3 N–H and O–H groups in total. The third-order valence-corrected chi connectivity index (χ3v) is 1.53. The number of amides is 2. The summed E-state index contributed by atoms with van der Waals surface area (Å²) in [6.45, 7) is 0. The summed E-state index contributed by atoms with van der Waals surface area (Å²) in [6.07, 6.45) is 0.488. The van der Waals surface area contributed by atoms with Crippen molar-refractivity contribution in [2.24, 2.45) is 0 Å². The van der Waals surface area contributed by atoms with E-state index in [1.54, 1.807) is 0 Å². The lowest BCUT2D eigenvalue weighted by Crippen LogP contribution is -2.44. The average molecular weight is 193 g/mol. The second kappa shape index (κ2) is 2.36. The fraction of sp³-hybridized carbons (Fsp3) is 0.250. The summed E-state index contributed by atoms with van der Waals surface area (Å²) in [7, 11) is 0. The van der Waals surface area contributed by atoms with Crippen molar-refractivity contribution in [2.75, 3.05) is 0 Å². The summed E-state index contributed by atoms with van der Waals surface area (Å²) in [5, 5.41) is 13.4. The van der Waals surface area contributed by atoms with Crippen molar-refractivity contribution in [2.45, 2.75) is 6.23 Å². The number of aliphatic hydroxyl groups is 1. The van der Waals surface area contributed by atoms with E-state index >= 15 is 0 Å². The topological polar surface area (TPSA) is 61.4 Å². The highest BCUT2D eigenvalue weighted by molar-refractivity contribution is 9.11. The zero-order valence-electron chi connectivity index (χ0n) is 4.39. The Labute approximate surface area is 60.1 Å². The van der Waals surface area contributed by atoms with E-state index < -0.39 is 12.3 Å². The standard InChI is InChI=1S/C4H5BrN2O2/c5-2-1-6-4(9)7-3(2)8/h1,3,8H,(H2,6,7,9). The summed E-state index contributed by atoms with van der Waals surface area (Å²) in [4.78, 5) is 10.4. The minimum atomic E-state index is -0.904. The van der Waals surface area contributed by atoms with Crippen molar-refractivity contribution in [3.8, 4) is 0 Å². The second-order valence-corrected chi connectivity index (χ2v) is 2.47. The van der Waals surface area contributed by atoms with Crippen molar-refractivity contribution in [1.29, 1.82) is 0 Å². The minimum Gasteiger partial charge on any atom is -0.369 e. The van der Waals surface area contributed by atoms with Crippen LogP contribution in [0, 0.1) is 0 Å². The molecule has 1 unspecified atom stereocenters. The minimum absolute atomic E-state index is 0.397. The molecule has 0 radical (unpaired) electrons. The van der Waals surface area contributed by atoms with E-state index in [0.29, 0.717) is 4.48 Å². The molecule has 5 heteroatoms. The van der Waals surface area contributed by atoms with Crippen LogP contribution in [0.2, 0.25) is 0 Å². The number of urea groups is 1. The molecular formula is C4H5BrN2O2. The maximum atomic E-state index is 10.4. The Morgan fingerprint density at radius 1 is 1.78 bits per heavy atom. The molecule has 2 amide bonds. The Morgan fingerprint density at radius 2 is 2.44 bits per heavy atom. The Bertz CT molecular complexity index is 168. The van der Waals surface area contributed by atoms with Gasteiger partial charge in [-0.15, -0.1) is 0 Å². The number of hydrogen-bond donors (Lipinski definition) is 3. The molecule has 0 saturated heterocycles. The van der Waals surface area contributed by atoms with Gasteiger partial charge < -0.3 is 15.7 Å². The Morgan fingerprint density at radius 3 is 2.89 bits per heavy atom. The van der Waals surface area contributed by atoms with Gasteiger partial charge in [0, 0.05) is 6.20 Å². The van der Waals surface area contributed by atoms with Crippen molar-refractivity contribution in [1.82, 2.24) is 10.6 Å². The molecule has 0 aliphatic carbocycles. The average Bonchev–Trinajstić information content (AvgIpc) is 1.80. The zero-order chi connectivity index (χ0) is 6.85.